The van der Waals surface area contributed by atoms with E-state index in [4.69, 9.17) is 4.52 Å². The summed E-state index contributed by atoms with van der Waals surface area (Å²) in [7, 11) is 0. The molecule has 0 saturated heterocycles. The van der Waals surface area contributed by atoms with Gasteiger partial charge in [-0.05, 0) is 44.7 Å². The Morgan fingerprint density at radius 1 is 1.29 bits per heavy atom. The second-order valence-corrected chi connectivity index (χ2v) is 7.53. The molecule has 6 nitrogen and oxygen atoms in total. The molecule has 0 radical (unpaired) electrons. The zero-order valence-corrected chi connectivity index (χ0v) is 15.2. The fourth-order valence-corrected chi connectivity index (χ4v) is 3.99. The van der Waals surface area contributed by atoms with Gasteiger partial charge in [0.2, 0.25) is 11.8 Å². The van der Waals surface area contributed by atoms with Gasteiger partial charge < -0.3 is 9.84 Å². The summed E-state index contributed by atoms with van der Waals surface area (Å²) in [6.45, 7) is 9.03. The second kappa shape index (κ2) is 7.21. The topological polar surface area (TPSA) is 71.3 Å². The van der Waals surface area contributed by atoms with Gasteiger partial charge >= 0.3 is 0 Å². The highest BCUT2D eigenvalue weighted by Crippen LogP contribution is 2.39. The number of rotatable bonds is 7. The van der Waals surface area contributed by atoms with Crippen LogP contribution in [0.5, 0.6) is 0 Å². The van der Waals surface area contributed by atoms with Crippen LogP contribution in [0.1, 0.15) is 71.0 Å². The van der Waals surface area contributed by atoms with E-state index in [-0.39, 0.29) is 11.8 Å². The van der Waals surface area contributed by atoms with Crippen LogP contribution >= 0.6 is 0 Å². The van der Waals surface area contributed by atoms with Crippen LogP contribution in [0.25, 0.3) is 0 Å². The van der Waals surface area contributed by atoms with Crippen molar-refractivity contribution in [1.82, 2.24) is 20.4 Å². The van der Waals surface area contributed by atoms with Crippen LogP contribution in [0, 0.1) is 11.8 Å². The summed E-state index contributed by atoms with van der Waals surface area (Å²) in [5, 5.41) is 7.52. The summed E-state index contributed by atoms with van der Waals surface area (Å²) in [6, 6.07) is 0. The third-order valence-electron chi connectivity index (χ3n) is 5.71. The molecule has 0 bridgehead atoms. The van der Waals surface area contributed by atoms with Crippen molar-refractivity contribution in [3.63, 3.8) is 0 Å². The SMILES string of the molecule is CCN(CC)Cc1nc(C2(NC(=O)C3CC(C)C3)CCCC2)no1. The number of hydrogen-bond donors (Lipinski definition) is 1. The van der Waals surface area contributed by atoms with Crippen LogP contribution < -0.4 is 5.32 Å². The quantitative estimate of drug-likeness (QED) is 0.830. The first-order valence-electron chi connectivity index (χ1n) is 9.43. The molecule has 1 aromatic heterocycles. The maximum Gasteiger partial charge on any atom is 0.240 e. The number of aromatic nitrogens is 2. The summed E-state index contributed by atoms with van der Waals surface area (Å²) in [5.74, 6) is 2.32. The molecular weight excluding hydrogens is 304 g/mol. The third-order valence-corrected chi connectivity index (χ3v) is 5.71. The third kappa shape index (κ3) is 3.48. The summed E-state index contributed by atoms with van der Waals surface area (Å²) in [4.78, 5) is 19.5. The number of carbonyl (C=O) groups excluding carboxylic acids is 1. The van der Waals surface area contributed by atoms with Crippen molar-refractivity contribution in [1.29, 1.82) is 0 Å². The van der Waals surface area contributed by atoms with E-state index in [0.29, 0.717) is 24.2 Å². The molecule has 1 aromatic rings. The molecule has 2 saturated carbocycles. The molecule has 0 atom stereocenters. The van der Waals surface area contributed by atoms with Gasteiger partial charge in [0.25, 0.3) is 0 Å². The average molecular weight is 334 g/mol. The van der Waals surface area contributed by atoms with Gasteiger partial charge in [0.1, 0.15) is 5.54 Å². The Bertz CT molecular complexity index is 555. The van der Waals surface area contributed by atoms with Crippen molar-refractivity contribution >= 4 is 5.91 Å². The number of nitrogens with one attached hydrogen (secondary N) is 1. The maximum atomic E-state index is 12.6. The Kier molecular flexibility index (Phi) is 5.23. The van der Waals surface area contributed by atoms with E-state index in [9.17, 15) is 4.79 Å². The summed E-state index contributed by atoms with van der Waals surface area (Å²) >= 11 is 0. The van der Waals surface area contributed by atoms with Gasteiger partial charge in [-0.3, -0.25) is 9.69 Å². The molecular formula is C18H30N4O2. The first-order chi connectivity index (χ1) is 11.6. The normalized spacial score (nSPS) is 25.7. The molecule has 0 aliphatic heterocycles. The van der Waals surface area contributed by atoms with Crippen molar-refractivity contribution in [2.45, 2.75) is 71.4 Å². The molecule has 1 N–H and O–H groups in total. The van der Waals surface area contributed by atoms with E-state index in [1.807, 2.05) is 0 Å². The van der Waals surface area contributed by atoms with E-state index in [1.165, 1.54) is 0 Å². The maximum absolute atomic E-state index is 12.6. The molecule has 0 unspecified atom stereocenters. The molecule has 6 heteroatoms. The smallest absolute Gasteiger partial charge is 0.240 e. The van der Waals surface area contributed by atoms with E-state index in [0.717, 1.165) is 51.6 Å². The van der Waals surface area contributed by atoms with E-state index < -0.39 is 5.54 Å². The lowest BCUT2D eigenvalue weighted by Crippen LogP contribution is -2.49. The lowest BCUT2D eigenvalue weighted by Gasteiger charge is -2.35. The van der Waals surface area contributed by atoms with Crippen molar-refractivity contribution in [2.24, 2.45) is 11.8 Å². The van der Waals surface area contributed by atoms with Crippen LogP contribution in [0.4, 0.5) is 0 Å². The molecule has 2 fully saturated rings. The van der Waals surface area contributed by atoms with Crippen molar-refractivity contribution < 1.29 is 9.32 Å². The molecule has 2 aliphatic rings. The first kappa shape index (κ1) is 17.4. The van der Waals surface area contributed by atoms with Gasteiger partial charge in [-0.15, -0.1) is 0 Å². The summed E-state index contributed by atoms with van der Waals surface area (Å²) < 4.78 is 5.48. The van der Waals surface area contributed by atoms with Crippen LogP contribution in [0.15, 0.2) is 4.52 Å². The number of nitrogens with zero attached hydrogens (tertiary/aromatic N) is 3. The Hall–Kier alpha value is -1.43. The minimum Gasteiger partial charge on any atom is -0.343 e. The zero-order chi connectivity index (χ0) is 17.2. The minimum atomic E-state index is -0.416. The average Bonchev–Trinajstić information content (AvgIpc) is 3.19. The molecule has 1 amide bonds. The predicted molar refractivity (Wildman–Crippen MR) is 91.1 cm³/mol. The van der Waals surface area contributed by atoms with Gasteiger partial charge in [0, 0.05) is 5.92 Å². The van der Waals surface area contributed by atoms with Crippen LogP contribution in [0.3, 0.4) is 0 Å². The molecule has 3 rings (SSSR count). The van der Waals surface area contributed by atoms with Gasteiger partial charge in [0.05, 0.1) is 6.54 Å². The second-order valence-electron chi connectivity index (χ2n) is 7.53. The lowest BCUT2D eigenvalue weighted by atomic mass is 9.75. The summed E-state index contributed by atoms with van der Waals surface area (Å²) in [5.41, 5.74) is -0.416. The van der Waals surface area contributed by atoms with E-state index >= 15 is 0 Å². The molecule has 2 aliphatic carbocycles. The Morgan fingerprint density at radius 2 is 1.96 bits per heavy atom. The van der Waals surface area contributed by atoms with Crippen molar-refractivity contribution in [3.8, 4) is 0 Å². The van der Waals surface area contributed by atoms with Gasteiger partial charge in [-0.25, -0.2) is 0 Å². The molecule has 0 spiro atoms. The molecule has 1 heterocycles. The Balaban J connectivity index is 1.71. The number of amides is 1. The standard InChI is InChI=1S/C18H30N4O2/c1-4-22(5-2)12-15-19-17(21-24-15)18(8-6-7-9-18)20-16(23)14-10-13(3)11-14/h13-14H,4-12H2,1-3H3,(H,20,23). The highest BCUT2D eigenvalue weighted by molar-refractivity contribution is 5.80. The Labute approximate surface area is 144 Å². The van der Waals surface area contributed by atoms with Crippen molar-refractivity contribution in [2.75, 3.05) is 13.1 Å². The largest absolute Gasteiger partial charge is 0.343 e. The summed E-state index contributed by atoms with van der Waals surface area (Å²) in [6.07, 6.45) is 6.02. The van der Waals surface area contributed by atoms with Crippen LogP contribution in [-0.2, 0) is 16.9 Å². The minimum absolute atomic E-state index is 0.166. The Morgan fingerprint density at radius 3 is 2.54 bits per heavy atom. The number of hydrogen-bond acceptors (Lipinski definition) is 5. The fourth-order valence-electron chi connectivity index (χ4n) is 3.99. The highest BCUT2D eigenvalue weighted by Gasteiger charge is 2.43. The molecule has 0 aromatic carbocycles. The van der Waals surface area contributed by atoms with Gasteiger partial charge in [-0.2, -0.15) is 4.98 Å². The van der Waals surface area contributed by atoms with Gasteiger partial charge in [0.15, 0.2) is 5.82 Å². The van der Waals surface area contributed by atoms with Crippen LogP contribution in [-0.4, -0.2) is 34.0 Å². The van der Waals surface area contributed by atoms with Gasteiger partial charge in [-0.1, -0.05) is 38.8 Å². The van der Waals surface area contributed by atoms with E-state index in [1.54, 1.807) is 0 Å². The highest BCUT2D eigenvalue weighted by atomic mass is 16.5. The van der Waals surface area contributed by atoms with Crippen LogP contribution in [0.2, 0.25) is 0 Å². The first-order valence-corrected chi connectivity index (χ1v) is 9.43. The fraction of sp³-hybridized carbons (Fsp3) is 0.833. The van der Waals surface area contributed by atoms with E-state index in [2.05, 4.69) is 41.1 Å². The monoisotopic (exact) mass is 334 g/mol. The molecule has 134 valence electrons. The predicted octanol–water partition coefficient (Wildman–Crippen LogP) is 2.84. The zero-order valence-electron chi connectivity index (χ0n) is 15.2. The number of carbonyl (C=O) groups is 1. The van der Waals surface area contributed by atoms with Crippen molar-refractivity contribution in [3.05, 3.63) is 11.7 Å². The molecule has 24 heavy (non-hydrogen) atoms. The lowest BCUT2D eigenvalue weighted by molar-refractivity contribution is -0.131.